The van der Waals surface area contributed by atoms with E-state index in [1.807, 2.05) is 7.05 Å². The SMILES string of the molecule is CNC(C)c1sc(CC(C)OC)nc1C. The molecule has 1 rings (SSSR count). The van der Waals surface area contributed by atoms with Crippen LogP contribution in [0.3, 0.4) is 0 Å². The fourth-order valence-corrected chi connectivity index (χ4v) is 2.66. The molecular formula is C11H20N2OS. The molecule has 0 aliphatic carbocycles. The van der Waals surface area contributed by atoms with E-state index in [4.69, 9.17) is 4.74 Å². The van der Waals surface area contributed by atoms with Gasteiger partial charge in [0.15, 0.2) is 0 Å². The molecule has 0 amide bonds. The first-order valence-corrected chi connectivity index (χ1v) is 6.06. The van der Waals surface area contributed by atoms with Crippen LogP contribution in [-0.4, -0.2) is 25.2 Å². The van der Waals surface area contributed by atoms with Gasteiger partial charge in [-0.3, -0.25) is 0 Å². The van der Waals surface area contributed by atoms with Gasteiger partial charge in [0.25, 0.3) is 0 Å². The smallest absolute Gasteiger partial charge is 0.0957 e. The summed E-state index contributed by atoms with van der Waals surface area (Å²) in [7, 11) is 3.71. The number of ether oxygens (including phenoxy) is 1. The maximum atomic E-state index is 5.24. The lowest BCUT2D eigenvalue weighted by atomic mass is 10.2. The van der Waals surface area contributed by atoms with Crippen molar-refractivity contribution in [3.05, 3.63) is 15.6 Å². The van der Waals surface area contributed by atoms with E-state index < -0.39 is 0 Å². The number of nitrogens with zero attached hydrogens (tertiary/aromatic N) is 1. The van der Waals surface area contributed by atoms with Crippen LogP contribution in [0.2, 0.25) is 0 Å². The summed E-state index contributed by atoms with van der Waals surface area (Å²) in [6, 6.07) is 0.383. The van der Waals surface area contributed by atoms with Crippen molar-refractivity contribution in [1.82, 2.24) is 10.3 Å². The molecule has 0 spiro atoms. The van der Waals surface area contributed by atoms with Crippen LogP contribution in [0.15, 0.2) is 0 Å². The lowest BCUT2D eigenvalue weighted by Crippen LogP contribution is -2.11. The molecule has 4 heteroatoms. The van der Waals surface area contributed by atoms with Crippen molar-refractivity contribution >= 4 is 11.3 Å². The molecule has 15 heavy (non-hydrogen) atoms. The summed E-state index contributed by atoms with van der Waals surface area (Å²) in [6.45, 7) is 6.29. The number of hydrogen-bond acceptors (Lipinski definition) is 4. The zero-order valence-electron chi connectivity index (χ0n) is 10.1. The zero-order valence-corrected chi connectivity index (χ0v) is 10.9. The van der Waals surface area contributed by atoms with Crippen LogP contribution in [0.25, 0.3) is 0 Å². The molecule has 1 heterocycles. The Morgan fingerprint density at radius 2 is 2.13 bits per heavy atom. The average molecular weight is 228 g/mol. The van der Waals surface area contributed by atoms with Crippen molar-refractivity contribution in [2.75, 3.05) is 14.2 Å². The number of rotatable bonds is 5. The molecule has 0 saturated heterocycles. The predicted octanol–water partition coefficient (Wildman–Crippen LogP) is 2.31. The highest BCUT2D eigenvalue weighted by atomic mass is 32.1. The van der Waals surface area contributed by atoms with Crippen LogP contribution in [0, 0.1) is 6.92 Å². The molecule has 2 atom stereocenters. The number of hydrogen-bond donors (Lipinski definition) is 1. The van der Waals surface area contributed by atoms with Crippen molar-refractivity contribution < 1.29 is 4.74 Å². The topological polar surface area (TPSA) is 34.1 Å². The summed E-state index contributed by atoms with van der Waals surface area (Å²) in [5, 5.41) is 4.41. The summed E-state index contributed by atoms with van der Waals surface area (Å²) in [5.74, 6) is 0. The molecule has 3 nitrogen and oxygen atoms in total. The Morgan fingerprint density at radius 1 is 1.47 bits per heavy atom. The van der Waals surface area contributed by atoms with Crippen LogP contribution in [-0.2, 0) is 11.2 Å². The first-order valence-electron chi connectivity index (χ1n) is 5.24. The molecule has 1 aromatic rings. The average Bonchev–Trinajstić information content (AvgIpc) is 2.58. The van der Waals surface area contributed by atoms with Crippen molar-refractivity contribution in [3.8, 4) is 0 Å². The van der Waals surface area contributed by atoms with E-state index in [1.54, 1.807) is 18.4 Å². The zero-order chi connectivity index (χ0) is 11.4. The van der Waals surface area contributed by atoms with Gasteiger partial charge in [-0.1, -0.05) is 0 Å². The lowest BCUT2D eigenvalue weighted by Gasteiger charge is -2.07. The number of aromatic nitrogens is 1. The summed E-state index contributed by atoms with van der Waals surface area (Å²) >= 11 is 1.78. The third kappa shape index (κ3) is 3.26. The summed E-state index contributed by atoms with van der Waals surface area (Å²) in [6.07, 6.45) is 1.15. The first-order chi connectivity index (χ1) is 7.08. The highest BCUT2D eigenvalue weighted by Gasteiger charge is 2.14. The van der Waals surface area contributed by atoms with Crippen LogP contribution in [0.5, 0.6) is 0 Å². The van der Waals surface area contributed by atoms with Crippen LogP contribution in [0.4, 0.5) is 0 Å². The second-order valence-corrected chi connectivity index (χ2v) is 4.93. The monoisotopic (exact) mass is 228 g/mol. The third-order valence-corrected chi connectivity index (χ3v) is 3.93. The highest BCUT2D eigenvalue weighted by Crippen LogP contribution is 2.25. The van der Waals surface area contributed by atoms with Gasteiger partial charge < -0.3 is 10.1 Å². The maximum absolute atomic E-state index is 5.24. The molecule has 1 aromatic heterocycles. The quantitative estimate of drug-likeness (QED) is 0.839. The molecule has 0 aromatic carbocycles. The minimum absolute atomic E-state index is 0.244. The second-order valence-electron chi connectivity index (χ2n) is 3.82. The van der Waals surface area contributed by atoms with Crippen molar-refractivity contribution in [2.24, 2.45) is 0 Å². The Hall–Kier alpha value is -0.450. The van der Waals surface area contributed by atoms with E-state index in [1.165, 1.54) is 9.88 Å². The fourth-order valence-electron chi connectivity index (χ4n) is 1.42. The Balaban J connectivity index is 2.76. The van der Waals surface area contributed by atoms with E-state index in [-0.39, 0.29) is 6.10 Å². The van der Waals surface area contributed by atoms with Crippen LogP contribution < -0.4 is 5.32 Å². The summed E-state index contributed by atoms with van der Waals surface area (Å²) in [5.41, 5.74) is 1.14. The molecule has 0 saturated carbocycles. The Bertz CT molecular complexity index is 312. The van der Waals surface area contributed by atoms with Gasteiger partial charge in [-0.25, -0.2) is 4.98 Å². The molecule has 0 fully saturated rings. The Kier molecular flexibility index (Phi) is 4.70. The van der Waals surface area contributed by atoms with Crippen LogP contribution in [0.1, 0.15) is 35.5 Å². The lowest BCUT2D eigenvalue weighted by molar-refractivity contribution is 0.118. The van der Waals surface area contributed by atoms with Gasteiger partial charge in [0.1, 0.15) is 0 Å². The van der Waals surface area contributed by atoms with E-state index in [9.17, 15) is 0 Å². The van der Waals surface area contributed by atoms with Crippen molar-refractivity contribution in [1.29, 1.82) is 0 Å². The van der Waals surface area contributed by atoms with Gasteiger partial charge in [0.2, 0.25) is 0 Å². The van der Waals surface area contributed by atoms with E-state index in [0.717, 1.165) is 12.1 Å². The van der Waals surface area contributed by atoms with Crippen LogP contribution >= 0.6 is 11.3 Å². The number of aryl methyl sites for hydroxylation is 1. The van der Waals surface area contributed by atoms with Gasteiger partial charge in [0.05, 0.1) is 16.8 Å². The standard InChI is InChI=1S/C11H20N2OS/c1-7(14-5)6-10-13-9(3)11(15-10)8(2)12-4/h7-8,12H,6H2,1-5H3. The molecular weight excluding hydrogens is 208 g/mol. The predicted molar refractivity (Wildman–Crippen MR) is 64.5 cm³/mol. The third-order valence-electron chi connectivity index (χ3n) is 2.57. The number of thiazole rings is 1. The number of nitrogens with one attached hydrogen (secondary N) is 1. The Labute approximate surface area is 95.9 Å². The first kappa shape index (κ1) is 12.6. The van der Waals surface area contributed by atoms with Gasteiger partial charge in [-0.15, -0.1) is 11.3 Å². The largest absolute Gasteiger partial charge is 0.381 e. The molecule has 86 valence electrons. The molecule has 0 aliphatic rings. The van der Waals surface area contributed by atoms with Gasteiger partial charge in [-0.2, -0.15) is 0 Å². The molecule has 1 N–H and O–H groups in total. The van der Waals surface area contributed by atoms with E-state index >= 15 is 0 Å². The van der Waals surface area contributed by atoms with Gasteiger partial charge >= 0.3 is 0 Å². The maximum Gasteiger partial charge on any atom is 0.0957 e. The van der Waals surface area contributed by atoms with E-state index in [2.05, 4.69) is 31.1 Å². The summed E-state index contributed by atoms with van der Waals surface area (Å²) < 4.78 is 5.24. The minimum Gasteiger partial charge on any atom is -0.381 e. The van der Waals surface area contributed by atoms with Crippen molar-refractivity contribution in [3.63, 3.8) is 0 Å². The fraction of sp³-hybridized carbons (Fsp3) is 0.727. The van der Waals surface area contributed by atoms with Crippen molar-refractivity contribution in [2.45, 2.75) is 39.3 Å². The molecule has 0 aliphatic heterocycles. The molecule has 2 unspecified atom stereocenters. The second kappa shape index (κ2) is 5.58. The van der Waals surface area contributed by atoms with Gasteiger partial charge in [-0.05, 0) is 27.8 Å². The van der Waals surface area contributed by atoms with E-state index in [0.29, 0.717) is 6.04 Å². The summed E-state index contributed by atoms with van der Waals surface area (Å²) in [4.78, 5) is 5.90. The molecule has 0 bridgehead atoms. The molecule has 0 radical (unpaired) electrons. The normalized spacial score (nSPS) is 15.3. The minimum atomic E-state index is 0.244. The highest BCUT2D eigenvalue weighted by molar-refractivity contribution is 7.11. The number of methoxy groups -OCH3 is 1. The Morgan fingerprint density at radius 3 is 2.67 bits per heavy atom. The van der Waals surface area contributed by atoms with Gasteiger partial charge in [0, 0.05) is 24.4 Å².